The number of anilines is 1. The van der Waals surface area contributed by atoms with Gasteiger partial charge in [-0.15, -0.1) is 0 Å². The highest BCUT2D eigenvalue weighted by Crippen LogP contribution is 2.34. The van der Waals surface area contributed by atoms with E-state index in [4.69, 9.17) is 10.7 Å². The highest BCUT2D eigenvalue weighted by atomic mass is 15.2. The van der Waals surface area contributed by atoms with E-state index in [1.165, 1.54) is 24.0 Å². The third kappa shape index (κ3) is 1.93. The van der Waals surface area contributed by atoms with Gasteiger partial charge in [0, 0.05) is 18.0 Å². The SMILES string of the molecule is Cc1ccc(-c2nc3n(c2N)C(C)CCC3)cc1C. The van der Waals surface area contributed by atoms with E-state index >= 15 is 0 Å². The van der Waals surface area contributed by atoms with Crippen LogP contribution in [0.25, 0.3) is 11.3 Å². The van der Waals surface area contributed by atoms with Crippen LogP contribution < -0.4 is 5.73 Å². The van der Waals surface area contributed by atoms with E-state index in [9.17, 15) is 0 Å². The van der Waals surface area contributed by atoms with Crippen LogP contribution in [0.1, 0.15) is 42.8 Å². The number of nitrogens with two attached hydrogens (primary N) is 1. The van der Waals surface area contributed by atoms with Gasteiger partial charge < -0.3 is 10.3 Å². The van der Waals surface area contributed by atoms with Gasteiger partial charge in [0.25, 0.3) is 0 Å². The van der Waals surface area contributed by atoms with Crippen molar-refractivity contribution < 1.29 is 0 Å². The molecule has 2 heterocycles. The fourth-order valence-electron chi connectivity index (χ4n) is 2.95. The number of hydrogen-bond acceptors (Lipinski definition) is 2. The Hall–Kier alpha value is -1.77. The summed E-state index contributed by atoms with van der Waals surface area (Å²) in [5, 5.41) is 0. The van der Waals surface area contributed by atoms with Crippen LogP contribution in [0.5, 0.6) is 0 Å². The van der Waals surface area contributed by atoms with Crippen molar-refractivity contribution in [3.8, 4) is 11.3 Å². The zero-order chi connectivity index (χ0) is 13.6. The topological polar surface area (TPSA) is 43.8 Å². The van der Waals surface area contributed by atoms with Gasteiger partial charge in [-0.3, -0.25) is 0 Å². The minimum Gasteiger partial charge on any atom is -0.383 e. The number of rotatable bonds is 1. The Bertz CT molecular complexity index is 625. The summed E-state index contributed by atoms with van der Waals surface area (Å²) in [7, 11) is 0. The highest BCUT2D eigenvalue weighted by Gasteiger charge is 2.23. The zero-order valence-corrected chi connectivity index (χ0v) is 11.9. The number of benzene rings is 1. The monoisotopic (exact) mass is 255 g/mol. The van der Waals surface area contributed by atoms with Crippen LogP contribution in [0, 0.1) is 13.8 Å². The lowest BCUT2D eigenvalue weighted by atomic mass is 10.0. The third-order valence-corrected chi connectivity index (χ3v) is 4.26. The van der Waals surface area contributed by atoms with E-state index in [2.05, 4.69) is 43.5 Å². The molecule has 100 valence electrons. The molecule has 1 aromatic carbocycles. The molecule has 1 unspecified atom stereocenters. The van der Waals surface area contributed by atoms with Crippen LogP contribution in [0.3, 0.4) is 0 Å². The molecule has 0 fully saturated rings. The summed E-state index contributed by atoms with van der Waals surface area (Å²) in [4.78, 5) is 4.78. The minimum atomic E-state index is 0.469. The second kappa shape index (κ2) is 4.41. The van der Waals surface area contributed by atoms with E-state index in [0.29, 0.717) is 6.04 Å². The Balaban J connectivity index is 2.13. The minimum absolute atomic E-state index is 0.469. The van der Waals surface area contributed by atoms with Gasteiger partial charge in [0.15, 0.2) is 0 Å². The summed E-state index contributed by atoms with van der Waals surface area (Å²) < 4.78 is 2.22. The van der Waals surface area contributed by atoms with E-state index in [0.717, 1.165) is 29.3 Å². The van der Waals surface area contributed by atoms with Crippen molar-refractivity contribution in [1.82, 2.24) is 9.55 Å². The van der Waals surface area contributed by atoms with Crippen LogP contribution in [0.15, 0.2) is 18.2 Å². The molecule has 0 saturated carbocycles. The smallest absolute Gasteiger partial charge is 0.131 e. The fraction of sp³-hybridized carbons (Fsp3) is 0.438. The van der Waals surface area contributed by atoms with Gasteiger partial charge in [-0.2, -0.15) is 0 Å². The number of aromatic nitrogens is 2. The average molecular weight is 255 g/mol. The Labute approximate surface area is 114 Å². The molecule has 0 bridgehead atoms. The molecule has 2 N–H and O–H groups in total. The largest absolute Gasteiger partial charge is 0.383 e. The van der Waals surface area contributed by atoms with E-state index in [1.54, 1.807) is 0 Å². The van der Waals surface area contributed by atoms with E-state index < -0.39 is 0 Å². The fourth-order valence-corrected chi connectivity index (χ4v) is 2.95. The van der Waals surface area contributed by atoms with Crippen molar-refractivity contribution in [2.75, 3.05) is 5.73 Å². The van der Waals surface area contributed by atoms with Gasteiger partial charge >= 0.3 is 0 Å². The normalized spacial score (nSPS) is 18.4. The van der Waals surface area contributed by atoms with Gasteiger partial charge in [-0.25, -0.2) is 4.98 Å². The molecule has 3 heteroatoms. The molecule has 2 aromatic rings. The average Bonchev–Trinajstić information content (AvgIpc) is 2.72. The first-order valence-corrected chi connectivity index (χ1v) is 7.02. The lowest BCUT2D eigenvalue weighted by Crippen LogP contribution is -2.16. The van der Waals surface area contributed by atoms with Gasteiger partial charge in [-0.1, -0.05) is 12.1 Å². The van der Waals surface area contributed by atoms with Crippen molar-refractivity contribution in [2.45, 2.75) is 46.1 Å². The number of hydrogen-bond donors (Lipinski definition) is 1. The molecule has 0 saturated heterocycles. The zero-order valence-electron chi connectivity index (χ0n) is 11.9. The molecule has 0 radical (unpaired) electrons. The van der Waals surface area contributed by atoms with E-state index in [-0.39, 0.29) is 0 Å². The second-order valence-corrected chi connectivity index (χ2v) is 5.67. The van der Waals surface area contributed by atoms with Crippen molar-refractivity contribution >= 4 is 5.82 Å². The molecule has 0 spiro atoms. The first kappa shape index (κ1) is 12.3. The van der Waals surface area contributed by atoms with Crippen LogP contribution in [-0.4, -0.2) is 9.55 Å². The maximum atomic E-state index is 6.34. The number of aryl methyl sites for hydroxylation is 3. The number of fused-ring (bicyclic) bond motifs is 1. The molecule has 1 aliphatic rings. The number of nitrogens with zero attached hydrogens (tertiary/aromatic N) is 2. The first-order chi connectivity index (χ1) is 9.08. The Morgan fingerprint density at radius 2 is 2.05 bits per heavy atom. The standard InChI is InChI=1S/C16H21N3/c1-10-7-8-13(9-11(10)2)15-16(17)19-12(3)5-4-6-14(19)18-15/h7-9,12H,4-6,17H2,1-3H3. The van der Waals surface area contributed by atoms with Gasteiger partial charge in [0.05, 0.1) is 0 Å². The van der Waals surface area contributed by atoms with Crippen LogP contribution in [-0.2, 0) is 6.42 Å². The van der Waals surface area contributed by atoms with Gasteiger partial charge in [0.1, 0.15) is 17.3 Å². The molecule has 3 rings (SSSR count). The van der Waals surface area contributed by atoms with Crippen LogP contribution in [0.4, 0.5) is 5.82 Å². The van der Waals surface area contributed by atoms with Crippen molar-refractivity contribution in [2.24, 2.45) is 0 Å². The Morgan fingerprint density at radius 1 is 1.26 bits per heavy atom. The molecule has 1 aliphatic heterocycles. The predicted molar refractivity (Wildman–Crippen MR) is 79.2 cm³/mol. The van der Waals surface area contributed by atoms with Crippen molar-refractivity contribution in [3.05, 3.63) is 35.2 Å². The van der Waals surface area contributed by atoms with Crippen molar-refractivity contribution in [3.63, 3.8) is 0 Å². The summed E-state index contributed by atoms with van der Waals surface area (Å²) in [6.45, 7) is 6.49. The van der Waals surface area contributed by atoms with Crippen LogP contribution in [0.2, 0.25) is 0 Å². The number of imidazole rings is 1. The maximum Gasteiger partial charge on any atom is 0.131 e. The van der Waals surface area contributed by atoms with Gasteiger partial charge in [0.2, 0.25) is 0 Å². The molecule has 3 nitrogen and oxygen atoms in total. The predicted octanol–water partition coefficient (Wildman–Crippen LogP) is 3.65. The Kier molecular flexibility index (Phi) is 2.85. The van der Waals surface area contributed by atoms with Crippen molar-refractivity contribution in [1.29, 1.82) is 0 Å². The molecular weight excluding hydrogens is 234 g/mol. The maximum absolute atomic E-state index is 6.34. The lowest BCUT2D eigenvalue weighted by molar-refractivity contribution is 0.430. The summed E-state index contributed by atoms with van der Waals surface area (Å²) in [6, 6.07) is 6.92. The summed E-state index contributed by atoms with van der Waals surface area (Å²) in [6.07, 6.45) is 3.45. The third-order valence-electron chi connectivity index (χ3n) is 4.26. The number of nitrogen functional groups attached to an aromatic ring is 1. The van der Waals surface area contributed by atoms with Gasteiger partial charge in [-0.05, 0) is 50.8 Å². The molecule has 0 amide bonds. The lowest BCUT2D eigenvalue weighted by Gasteiger charge is -2.22. The molecule has 0 aliphatic carbocycles. The molecular formula is C16H21N3. The highest BCUT2D eigenvalue weighted by molar-refractivity contribution is 5.72. The first-order valence-electron chi connectivity index (χ1n) is 7.02. The second-order valence-electron chi connectivity index (χ2n) is 5.67. The summed E-state index contributed by atoms with van der Waals surface area (Å²) in [5.41, 5.74) is 11.0. The summed E-state index contributed by atoms with van der Waals surface area (Å²) in [5.74, 6) is 1.97. The summed E-state index contributed by atoms with van der Waals surface area (Å²) >= 11 is 0. The quantitative estimate of drug-likeness (QED) is 0.845. The van der Waals surface area contributed by atoms with E-state index in [1.807, 2.05) is 0 Å². The molecule has 19 heavy (non-hydrogen) atoms. The molecule has 1 atom stereocenters. The molecule has 1 aromatic heterocycles. The van der Waals surface area contributed by atoms with Crippen LogP contribution >= 0.6 is 0 Å². The Morgan fingerprint density at radius 3 is 2.74 bits per heavy atom.